The lowest BCUT2D eigenvalue weighted by Gasteiger charge is -2.26. The van der Waals surface area contributed by atoms with E-state index < -0.39 is 5.82 Å². The van der Waals surface area contributed by atoms with Gasteiger partial charge in [-0.15, -0.1) is 0 Å². The molecule has 1 fully saturated rings. The molecule has 2 aliphatic heterocycles. The number of phenolic OH excluding ortho intramolecular Hbond substituents is 1. The van der Waals surface area contributed by atoms with E-state index in [0.29, 0.717) is 49.2 Å². The second-order valence-corrected chi connectivity index (χ2v) is 11.7. The molecule has 44 heavy (non-hydrogen) atoms. The summed E-state index contributed by atoms with van der Waals surface area (Å²) in [6.45, 7) is 4.70. The number of amides is 1. The highest BCUT2D eigenvalue weighted by Gasteiger charge is 2.28. The number of anilines is 1. The van der Waals surface area contributed by atoms with Crippen molar-refractivity contribution < 1.29 is 14.3 Å². The molecule has 3 aromatic heterocycles. The predicted molar refractivity (Wildman–Crippen MR) is 165 cm³/mol. The summed E-state index contributed by atoms with van der Waals surface area (Å²) in [5.74, 6) is 0.254. The van der Waals surface area contributed by atoms with E-state index in [4.69, 9.17) is 4.98 Å². The number of rotatable bonds is 6. The van der Waals surface area contributed by atoms with Gasteiger partial charge in [0.05, 0.1) is 30.1 Å². The topological polar surface area (TPSA) is 130 Å². The first-order valence-corrected chi connectivity index (χ1v) is 14.9. The number of phenols is 1. The summed E-state index contributed by atoms with van der Waals surface area (Å²) in [5.41, 5.74) is 5.97. The monoisotopic (exact) mass is 595 g/mol. The minimum atomic E-state index is -0.652. The second kappa shape index (κ2) is 11.0. The largest absolute Gasteiger partial charge is 0.505 e. The van der Waals surface area contributed by atoms with E-state index in [-0.39, 0.29) is 11.7 Å². The lowest BCUT2D eigenvalue weighted by Crippen LogP contribution is -2.36. The van der Waals surface area contributed by atoms with Crippen LogP contribution in [0.5, 0.6) is 5.75 Å². The minimum absolute atomic E-state index is 0.165. The summed E-state index contributed by atoms with van der Waals surface area (Å²) in [4.78, 5) is 36.8. The molecule has 11 nitrogen and oxygen atoms in total. The molecule has 226 valence electrons. The molecule has 0 aliphatic carbocycles. The number of carbonyl (C=O) groups is 1. The molecule has 7 rings (SSSR count). The first-order valence-electron chi connectivity index (χ1n) is 14.9. The van der Waals surface area contributed by atoms with E-state index in [1.807, 2.05) is 25.1 Å². The summed E-state index contributed by atoms with van der Waals surface area (Å²) in [5, 5.41) is 18.3. The highest BCUT2D eigenvalue weighted by atomic mass is 19.1. The van der Waals surface area contributed by atoms with E-state index in [9.17, 15) is 14.3 Å². The van der Waals surface area contributed by atoms with E-state index in [1.165, 1.54) is 12.1 Å². The zero-order chi connectivity index (χ0) is 30.5. The third-order valence-corrected chi connectivity index (χ3v) is 8.85. The summed E-state index contributed by atoms with van der Waals surface area (Å²) in [6, 6.07) is 9.13. The lowest BCUT2D eigenvalue weighted by atomic mass is 9.96. The van der Waals surface area contributed by atoms with Crippen LogP contribution in [0.15, 0.2) is 42.7 Å². The summed E-state index contributed by atoms with van der Waals surface area (Å²) in [6.07, 6.45) is 5.64. The number of imidazole rings is 1. The summed E-state index contributed by atoms with van der Waals surface area (Å²) in [7, 11) is 4.18. The molecule has 0 radical (unpaired) electrons. The zero-order valence-electron chi connectivity index (χ0n) is 24.9. The fraction of sp³-hybridized carbons (Fsp3) is 0.344. The van der Waals surface area contributed by atoms with E-state index in [0.717, 1.165) is 64.3 Å². The Hall–Kier alpha value is -4.84. The molecule has 0 bridgehead atoms. The Morgan fingerprint density at radius 2 is 2.02 bits per heavy atom. The highest BCUT2D eigenvalue weighted by Crippen LogP contribution is 2.34. The third kappa shape index (κ3) is 4.94. The van der Waals surface area contributed by atoms with E-state index >= 15 is 0 Å². The first kappa shape index (κ1) is 28.0. The van der Waals surface area contributed by atoms with Crippen molar-refractivity contribution in [2.45, 2.75) is 38.8 Å². The van der Waals surface area contributed by atoms with Gasteiger partial charge in [0.1, 0.15) is 17.2 Å². The number of nitrogens with one attached hydrogen (secondary N) is 2. The van der Waals surface area contributed by atoms with Gasteiger partial charge in [-0.25, -0.2) is 19.3 Å². The average Bonchev–Trinajstić information content (AvgIpc) is 3.79. The predicted octanol–water partition coefficient (Wildman–Crippen LogP) is 4.16. The van der Waals surface area contributed by atoms with Crippen LogP contribution in [0.3, 0.4) is 0 Å². The fourth-order valence-corrected chi connectivity index (χ4v) is 6.24. The highest BCUT2D eigenvalue weighted by molar-refractivity contribution is 5.94. The van der Waals surface area contributed by atoms with Crippen molar-refractivity contribution in [1.82, 2.24) is 39.9 Å². The maximum absolute atomic E-state index is 14.2. The van der Waals surface area contributed by atoms with Crippen LogP contribution in [0.4, 0.5) is 10.2 Å². The van der Waals surface area contributed by atoms with Crippen LogP contribution >= 0.6 is 0 Å². The van der Waals surface area contributed by atoms with Gasteiger partial charge < -0.3 is 24.8 Å². The molecule has 2 aromatic carbocycles. The molecule has 3 N–H and O–H groups in total. The maximum atomic E-state index is 14.2. The van der Waals surface area contributed by atoms with Crippen molar-refractivity contribution in [3.8, 4) is 28.4 Å². The van der Waals surface area contributed by atoms with E-state index in [1.54, 1.807) is 17.3 Å². The van der Waals surface area contributed by atoms with Gasteiger partial charge >= 0.3 is 0 Å². The fourth-order valence-electron chi connectivity index (χ4n) is 6.24. The van der Waals surface area contributed by atoms with Gasteiger partial charge in [-0.3, -0.25) is 9.89 Å². The van der Waals surface area contributed by atoms with Crippen LogP contribution in [0, 0.1) is 5.82 Å². The molecule has 12 heteroatoms. The van der Waals surface area contributed by atoms with Gasteiger partial charge in [-0.2, -0.15) is 5.10 Å². The maximum Gasteiger partial charge on any atom is 0.274 e. The molecule has 0 saturated carbocycles. The molecular weight excluding hydrogens is 561 g/mol. The number of aryl methyl sites for hydroxylation is 1. The molecule has 0 unspecified atom stereocenters. The Balaban J connectivity index is 1.08. The number of aromatic nitrogens is 6. The van der Waals surface area contributed by atoms with Crippen molar-refractivity contribution in [1.29, 1.82) is 0 Å². The van der Waals surface area contributed by atoms with Gasteiger partial charge in [0.2, 0.25) is 0 Å². The molecular formula is C32H34FN9O2. The molecule has 1 saturated heterocycles. The normalized spacial score (nSPS) is 16.7. The van der Waals surface area contributed by atoms with Crippen LogP contribution in [0.25, 0.3) is 33.5 Å². The summed E-state index contributed by atoms with van der Waals surface area (Å²) >= 11 is 0. The number of H-pyrrole nitrogens is 2. The van der Waals surface area contributed by atoms with Crippen molar-refractivity contribution in [2.75, 3.05) is 38.6 Å². The quantitative estimate of drug-likeness (QED) is 0.267. The molecule has 2 aliphatic rings. The molecule has 5 aromatic rings. The average molecular weight is 596 g/mol. The van der Waals surface area contributed by atoms with Crippen molar-refractivity contribution in [3.63, 3.8) is 0 Å². The number of aromatic hydroxyl groups is 1. The number of benzene rings is 2. The van der Waals surface area contributed by atoms with Crippen molar-refractivity contribution in [3.05, 3.63) is 71.2 Å². The Labute approximate surface area is 253 Å². The van der Waals surface area contributed by atoms with Gasteiger partial charge in [0, 0.05) is 43.2 Å². The second-order valence-electron chi connectivity index (χ2n) is 11.7. The van der Waals surface area contributed by atoms with Crippen LogP contribution in [-0.4, -0.2) is 90.7 Å². The van der Waals surface area contributed by atoms with Crippen LogP contribution < -0.4 is 4.90 Å². The Morgan fingerprint density at radius 3 is 2.77 bits per heavy atom. The van der Waals surface area contributed by atoms with Crippen molar-refractivity contribution in [2.24, 2.45) is 0 Å². The van der Waals surface area contributed by atoms with Gasteiger partial charge in [-0.1, -0.05) is 13.0 Å². The van der Waals surface area contributed by atoms with Crippen LogP contribution in [0.1, 0.15) is 40.8 Å². The van der Waals surface area contributed by atoms with Gasteiger partial charge in [0.15, 0.2) is 17.4 Å². The van der Waals surface area contributed by atoms with Crippen LogP contribution in [-0.2, 0) is 19.4 Å². The van der Waals surface area contributed by atoms with Gasteiger partial charge in [0.25, 0.3) is 5.91 Å². The SMILES string of the molecule is CCc1cc(O)c(F)cc1-c1ccc2c(-c3nc4c([nH]3)CCN(C(=O)c3cnc(N5CC[C@@H](N(C)C)C5)cn3)C4)n[nH]c2c1. The molecule has 0 spiro atoms. The Morgan fingerprint density at radius 1 is 1.16 bits per heavy atom. The standard InChI is InChI=1S/C32H34FN9O2/c1-4-18-12-28(43)23(33)13-22(18)19-5-6-21-25(11-19)38-39-30(21)31-36-24-8-10-42(17-27(24)37-31)32(44)26-14-35-29(15-34-26)41-9-7-20(16-41)40(2)3/h5-6,11-15,20,43H,4,7-10,16-17H2,1-3H3,(H,36,37)(H,38,39)/t20-/m1/s1. The minimum Gasteiger partial charge on any atom is -0.505 e. The van der Waals surface area contributed by atoms with E-state index in [2.05, 4.69) is 49.0 Å². The van der Waals surface area contributed by atoms with Gasteiger partial charge in [-0.05, 0) is 67.9 Å². The number of carbonyl (C=O) groups excluding carboxylic acids is 1. The summed E-state index contributed by atoms with van der Waals surface area (Å²) < 4.78 is 14.2. The zero-order valence-corrected chi connectivity index (χ0v) is 24.9. The third-order valence-electron chi connectivity index (χ3n) is 8.85. The number of hydrogen-bond donors (Lipinski definition) is 3. The number of halogens is 1. The lowest BCUT2D eigenvalue weighted by molar-refractivity contribution is 0.0725. The number of hydrogen-bond acceptors (Lipinski definition) is 8. The molecule has 5 heterocycles. The smallest absolute Gasteiger partial charge is 0.274 e. The van der Waals surface area contributed by atoms with Crippen molar-refractivity contribution >= 4 is 22.6 Å². The molecule has 1 atom stereocenters. The Kier molecular flexibility index (Phi) is 7.00. The number of fused-ring (bicyclic) bond motifs is 2. The number of likely N-dealkylation sites (N-methyl/N-ethyl adjacent to an activating group) is 1. The number of nitrogens with zero attached hydrogens (tertiary/aromatic N) is 7. The number of aromatic amines is 2. The first-order chi connectivity index (χ1) is 21.3. The Bertz CT molecular complexity index is 1860. The van der Waals surface area contributed by atoms with Crippen LogP contribution in [0.2, 0.25) is 0 Å². The molecule has 1 amide bonds.